The number of carbonyl (C=O) groups is 2. The third kappa shape index (κ3) is 4.88. The second kappa shape index (κ2) is 8.26. The van der Waals surface area contributed by atoms with Gasteiger partial charge in [-0.1, -0.05) is 0 Å². The van der Waals surface area contributed by atoms with Gasteiger partial charge in [-0.3, -0.25) is 9.59 Å². The molecule has 1 atom stereocenters. The predicted octanol–water partition coefficient (Wildman–Crippen LogP) is 2.25. The molecule has 0 spiro atoms. The van der Waals surface area contributed by atoms with Crippen LogP contribution >= 0.6 is 0 Å². The van der Waals surface area contributed by atoms with E-state index in [1.54, 1.807) is 4.90 Å². The Morgan fingerprint density at radius 1 is 1.33 bits per heavy atom. The molecule has 7 nitrogen and oxygen atoms in total. The van der Waals surface area contributed by atoms with Crippen molar-refractivity contribution in [3.05, 3.63) is 41.9 Å². The van der Waals surface area contributed by atoms with Gasteiger partial charge in [0.05, 0.1) is 30.9 Å². The molecule has 1 fully saturated rings. The van der Waals surface area contributed by atoms with Crippen molar-refractivity contribution >= 4 is 11.9 Å². The van der Waals surface area contributed by atoms with E-state index >= 15 is 0 Å². The average molecular weight is 380 g/mol. The molecule has 0 saturated carbocycles. The summed E-state index contributed by atoms with van der Waals surface area (Å²) >= 11 is 0. The molecule has 27 heavy (non-hydrogen) atoms. The number of rotatable bonds is 6. The largest absolute Gasteiger partial charge is 0.481 e. The van der Waals surface area contributed by atoms with Crippen LogP contribution in [-0.2, 0) is 20.7 Å². The van der Waals surface area contributed by atoms with Gasteiger partial charge in [0.2, 0.25) is 5.91 Å². The maximum Gasteiger partial charge on any atom is 0.306 e. The second-order valence-electron chi connectivity index (χ2n) is 6.17. The molecule has 0 bridgehead atoms. The van der Waals surface area contributed by atoms with Crippen LogP contribution in [0, 0.1) is 11.6 Å². The Hall–Kier alpha value is -2.81. The number of hydrogen-bond acceptors (Lipinski definition) is 5. The van der Waals surface area contributed by atoms with Crippen molar-refractivity contribution in [2.45, 2.75) is 25.4 Å². The van der Waals surface area contributed by atoms with E-state index in [4.69, 9.17) is 14.3 Å². The van der Waals surface area contributed by atoms with Crippen LogP contribution in [0.4, 0.5) is 8.78 Å². The minimum Gasteiger partial charge on any atom is -0.481 e. The summed E-state index contributed by atoms with van der Waals surface area (Å²) in [6, 6.07) is 3.14. The lowest BCUT2D eigenvalue weighted by Gasteiger charge is -2.32. The van der Waals surface area contributed by atoms with Gasteiger partial charge < -0.3 is 19.2 Å². The fraction of sp³-hybridized carbons (Fsp3) is 0.389. The highest BCUT2D eigenvalue weighted by Crippen LogP contribution is 2.24. The molecule has 144 valence electrons. The van der Waals surface area contributed by atoms with E-state index in [2.05, 4.69) is 4.98 Å². The Labute approximate surface area is 153 Å². The van der Waals surface area contributed by atoms with E-state index in [1.807, 2.05) is 0 Å². The number of amides is 1. The summed E-state index contributed by atoms with van der Waals surface area (Å²) in [4.78, 5) is 28.7. The maximum atomic E-state index is 13.8. The molecule has 3 rings (SSSR count). The fourth-order valence-electron chi connectivity index (χ4n) is 2.88. The SMILES string of the molecule is O=C(O)C[C@@H]1CN(C(=O)CCc2ncc(-c3ccc(F)cc3F)o2)CCO1. The van der Waals surface area contributed by atoms with Gasteiger partial charge in [0, 0.05) is 32.0 Å². The van der Waals surface area contributed by atoms with Crippen molar-refractivity contribution in [3.8, 4) is 11.3 Å². The van der Waals surface area contributed by atoms with Crippen LogP contribution in [0.25, 0.3) is 11.3 Å². The number of benzene rings is 1. The van der Waals surface area contributed by atoms with Crippen LogP contribution < -0.4 is 0 Å². The summed E-state index contributed by atoms with van der Waals surface area (Å²) in [6.07, 6.45) is 0.980. The first-order valence-electron chi connectivity index (χ1n) is 8.43. The summed E-state index contributed by atoms with van der Waals surface area (Å²) in [7, 11) is 0. The van der Waals surface area contributed by atoms with Crippen LogP contribution in [0.3, 0.4) is 0 Å². The second-order valence-corrected chi connectivity index (χ2v) is 6.17. The minimum atomic E-state index is -0.977. The molecule has 1 N–H and O–H groups in total. The Kier molecular flexibility index (Phi) is 5.80. The molecular formula is C18H18F2N2O5. The molecule has 1 aromatic carbocycles. The number of aromatic nitrogens is 1. The highest BCUT2D eigenvalue weighted by Gasteiger charge is 2.26. The third-order valence-electron chi connectivity index (χ3n) is 4.20. The molecule has 0 radical (unpaired) electrons. The van der Waals surface area contributed by atoms with Crippen molar-refractivity contribution in [3.63, 3.8) is 0 Å². The number of carboxylic acid groups (broad SMARTS) is 1. The van der Waals surface area contributed by atoms with Gasteiger partial charge in [-0.25, -0.2) is 13.8 Å². The summed E-state index contributed by atoms with van der Waals surface area (Å²) < 4.78 is 37.6. The molecule has 0 aliphatic carbocycles. The van der Waals surface area contributed by atoms with Gasteiger partial charge in [-0.15, -0.1) is 0 Å². The monoisotopic (exact) mass is 380 g/mol. The molecule has 9 heteroatoms. The normalized spacial score (nSPS) is 17.1. The van der Waals surface area contributed by atoms with Crippen LogP contribution in [0.15, 0.2) is 28.8 Å². The Bertz CT molecular complexity index is 839. The predicted molar refractivity (Wildman–Crippen MR) is 88.7 cm³/mol. The molecule has 2 aromatic rings. The molecule has 1 amide bonds. The van der Waals surface area contributed by atoms with Gasteiger partial charge in [0.15, 0.2) is 11.7 Å². The molecule has 1 aliphatic heterocycles. The maximum absolute atomic E-state index is 13.8. The quantitative estimate of drug-likeness (QED) is 0.826. The van der Waals surface area contributed by atoms with Gasteiger partial charge in [0.1, 0.15) is 11.6 Å². The number of carboxylic acids is 1. The number of hydrogen-bond donors (Lipinski definition) is 1. The van der Waals surface area contributed by atoms with E-state index in [9.17, 15) is 18.4 Å². The number of oxazole rings is 1. The Balaban J connectivity index is 1.56. The highest BCUT2D eigenvalue weighted by molar-refractivity contribution is 5.76. The van der Waals surface area contributed by atoms with Crippen molar-refractivity contribution in [1.29, 1.82) is 0 Å². The lowest BCUT2D eigenvalue weighted by molar-refractivity contribution is -0.147. The van der Waals surface area contributed by atoms with E-state index in [1.165, 1.54) is 12.3 Å². The summed E-state index contributed by atoms with van der Waals surface area (Å²) in [5.41, 5.74) is 0.0890. The number of ether oxygens (including phenoxy) is 1. The molecule has 0 unspecified atom stereocenters. The van der Waals surface area contributed by atoms with Gasteiger partial charge >= 0.3 is 5.97 Å². The molecule has 1 saturated heterocycles. The topological polar surface area (TPSA) is 92.9 Å². The smallest absolute Gasteiger partial charge is 0.306 e. The van der Waals surface area contributed by atoms with Crippen molar-refractivity contribution in [2.75, 3.05) is 19.7 Å². The lowest BCUT2D eigenvalue weighted by Crippen LogP contribution is -2.46. The molecular weight excluding hydrogens is 362 g/mol. The van der Waals surface area contributed by atoms with Gasteiger partial charge in [0.25, 0.3) is 0 Å². The minimum absolute atomic E-state index is 0.0890. The van der Waals surface area contributed by atoms with Crippen LogP contribution in [0.1, 0.15) is 18.7 Å². The molecule has 1 aliphatic rings. The number of carbonyl (C=O) groups excluding carboxylic acids is 1. The average Bonchev–Trinajstić information content (AvgIpc) is 3.08. The first-order valence-corrected chi connectivity index (χ1v) is 8.43. The third-order valence-corrected chi connectivity index (χ3v) is 4.20. The van der Waals surface area contributed by atoms with Crippen molar-refractivity contribution in [2.24, 2.45) is 0 Å². The number of aliphatic carboxylic acids is 1. The number of halogens is 2. The zero-order valence-corrected chi connectivity index (χ0v) is 14.4. The van der Waals surface area contributed by atoms with E-state index in [-0.39, 0.29) is 55.5 Å². The van der Waals surface area contributed by atoms with E-state index < -0.39 is 23.7 Å². The van der Waals surface area contributed by atoms with Crippen molar-refractivity contribution in [1.82, 2.24) is 9.88 Å². The van der Waals surface area contributed by atoms with Gasteiger partial charge in [-0.2, -0.15) is 0 Å². The molecule has 1 aromatic heterocycles. The summed E-state index contributed by atoms with van der Waals surface area (Å²) in [6.45, 7) is 0.909. The Morgan fingerprint density at radius 3 is 2.89 bits per heavy atom. The lowest BCUT2D eigenvalue weighted by atomic mass is 10.2. The summed E-state index contributed by atoms with van der Waals surface area (Å²) in [5, 5.41) is 8.82. The summed E-state index contributed by atoms with van der Waals surface area (Å²) in [5.74, 6) is -2.17. The molecule has 2 heterocycles. The van der Waals surface area contributed by atoms with Crippen LogP contribution in [0.2, 0.25) is 0 Å². The zero-order chi connectivity index (χ0) is 19.4. The highest BCUT2D eigenvalue weighted by atomic mass is 19.1. The number of nitrogens with zero attached hydrogens (tertiary/aromatic N) is 2. The van der Waals surface area contributed by atoms with E-state index in [0.29, 0.717) is 6.54 Å². The van der Waals surface area contributed by atoms with Crippen LogP contribution in [-0.4, -0.2) is 52.7 Å². The van der Waals surface area contributed by atoms with Crippen LogP contribution in [0.5, 0.6) is 0 Å². The van der Waals surface area contributed by atoms with Gasteiger partial charge in [-0.05, 0) is 12.1 Å². The standard InChI is InChI=1S/C18H18F2N2O5/c19-11-1-2-13(14(20)7-11)15-9-21-16(27-15)3-4-17(23)22-5-6-26-12(10-22)8-18(24)25/h1-2,7,9,12H,3-6,8,10H2,(H,24,25)/t12-/m1/s1. The van der Waals surface area contributed by atoms with Crippen molar-refractivity contribution < 1.29 is 32.6 Å². The first-order chi connectivity index (χ1) is 12.9. The Morgan fingerprint density at radius 2 is 2.15 bits per heavy atom. The number of aryl methyl sites for hydroxylation is 1. The zero-order valence-electron chi connectivity index (χ0n) is 14.4. The fourth-order valence-corrected chi connectivity index (χ4v) is 2.88. The number of morpholine rings is 1. The van der Waals surface area contributed by atoms with E-state index in [0.717, 1.165) is 12.1 Å². The first kappa shape index (κ1) is 19.0.